The van der Waals surface area contributed by atoms with Gasteiger partial charge < -0.3 is 15.7 Å². The fourth-order valence-corrected chi connectivity index (χ4v) is 1.46. The number of aliphatic hydroxyl groups is 1. The van der Waals surface area contributed by atoms with Gasteiger partial charge in [0.05, 0.1) is 5.69 Å². The van der Waals surface area contributed by atoms with E-state index in [-0.39, 0.29) is 18.3 Å². The molecule has 0 saturated carbocycles. The van der Waals surface area contributed by atoms with E-state index in [1.807, 2.05) is 0 Å². The van der Waals surface area contributed by atoms with Crippen molar-refractivity contribution in [1.29, 1.82) is 0 Å². The minimum atomic E-state index is -0.937. The van der Waals surface area contributed by atoms with E-state index in [1.165, 1.54) is 12.1 Å². The number of nitrogens with one attached hydrogen (secondary N) is 2. The highest BCUT2D eigenvalue weighted by Crippen LogP contribution is 2.14. The molecule has 0 unspecified atom stereocenters. The average molecular weight is 268 g/mol. The van der Waals surface area contributed by atoms with Crippen molar-refractivity contribution >= 4 is 17.5 Å². The van der Waals surface area contributed by atoms with E-state index in [0.29, 0.717) is 6.42 Å². The Labute approximate surface area is 110 Å². The summed E-state index contributed by atoms with van der Waals surface area (Å²) < 4.78 is 13.5. The largest absolute Gasteiger partial charge is 0.396 e. The molecule has 0 radical (unpaired) electrons. The number of rotatable bonds is 4. The van der Waals surface area contributed by atoms with Gasteiger partial charge in [0.15, 0.2) is 0 Å². The predicted molar refractivity (Wildman–Crippen MR) is 69.1 cm³/mol. The van der Waals surface area contributed by atoms with Crippen molar-refractivity contribution in [2.75, 3.05) is 11.9 Å². The van der Waals surface area contributed by atoms with E-state index < -0.39 is 17.6 Å². The number of benzene rings is 1. The van der Waals surface area contributed by atoms with Crippen LogP contribution in [0.5, 0.6) is 0 Å². The SMILES string of the molecule is Cc1ccc(NC(=O)C(=O)N[C@H](C)CCO)c(F)c1. The number of hydrogen-bond donors (Lipinski definition) is 3. The van der Waals surface area contributed by atoms with Crippen LogP contribution in [0, 0.1) is 12.7 Å². The summed E-state index contributed by atoms with van der Waals surface area (Å²) >= 11 is 0. The molecule has 0 aromatic heterocycles. The summed E-state index contributed by atoms with van der Waals surface area (Å²) in [6.07, 6.45) is 0.345. The molecule has 1 aromatic carbocycles. The average Bonchev–Trinajstić information content (AvgIpc) is 2.32. The third-order valence-electron chi connectivity index (χ3n) is 2.52. The molecular formula is C13H17FN2O3. The maximum Gasteiger partial charge on any atom is 0.313 e. The molecule has 0 fully saturated rings. The number of carbonyl (C=O) groups excluding carboxylic acids is 2. The Balaban J connectivity index is 2.61. The van der Waals surface area contributed by atoms with Crippen molar-refractivity contribution in [2.45, 2.75) is 26.3 Å². The zero-order valence-corrected chi connectivity index (χ0v) is 10.9. The van der Waals surface area contributed by atoms with Crippen molar-refractivity contribution in [3.05, 3.63) is 29.6 Å². The Kier molecular flexibility index (Phi) is 5.44. The first-order valence-electron chi connectivity index (χ1n) is 5.93. The fraction of sp³-hybridized carbons (Fsp3) is 0.385. The lowest BCUT2D eigenvalue weighted by atomic mass is 10.2. The Hall–Kier alpha value is -1.95. The lowest BCUT2D eigenvalue weighted by Crippen LogP contribution is -2.41. The first-order valence-corrected chi connectivity index (χ1v) is 5.93. The molecule has 5 nitrogen and oxygen atoms in total. The predicted octanol–water partition coefficient (Wildman–Crippen LogP) is 0.960. The van der Waals surface area contributed by atoms with Gasteiger partial charge in [-0.15, -0.1) is 0 Å². The van der Waals surface area contributed by atoms with Crippen molar-refractivity contribution in [3.8, 4) is 0 Å². The van der Waals surface area contributed by atoms with Gasteiger partial charge in [-0.25, -0.2) is 4.39 Å². The van der Waals surface area contributed by atoms with Crippen molar-refractivity contribution in [3.63, 3.8) is 0 Å². The van der Waals surface area contributed by atoms with Gasteiger partial charge >= 0.3 is 11.8 Å². The molecular weight excluding hydrogens is 251 g/mol. The summed E-state index contributed by atoms with van der Waals surface area (Å²) in [5.41, 5.74) is 0.678. The molecule has 0 saturated heterocycles. The first kappa shape index (κ1) is 15.1. The molecule has 0 aliphatic heterocycles. The van der Waals surface area contributed by atoms with Crippen molar-refractivity contribution in [1.82, 2.24) is 5.32 Å². The zero-order valence-electron chi connectivity index (χ0n) is 10.9. The van der Waals surface area contributed by atoms with Crippen LogP contribution in [0.1, 0.15) is 18.9 Å². The first-order chi connectivity index (χ1) is 8.93. The summed E-state index contributed by atoms with van der Waals surface area (Å²) in [4.78, 5) is 23.0. The smallest absolute Gasteiger partial charge is 0.313 e. The molecule has 104 valence electrons. The summed E-state index contributed by atoms with van der Waals surface area (Å²) in [5.74, 6) is -2.39. The van der Waals surface area contributed by atoms with Crippen LogP contribution < -0.4 is 10.6 Å². The number of aryl methyl sites for hydroxylation is 1. The van der Waals surface area contributed by atoms with Crippen LogP contribution in [0.15, 0.2) is 18.2 Å². The number of amides is 2. The minimum absolute atomic E-state index is 0.0411. The Morgan fingerprint density at radius 3 is 2.63 bits per heavy atom. The number of aliphatic hydroxyl groups excluding tert-OH is 1. The van der Waals surface area contributed by atoms with Gasteiger partial charge in [-0.3, -0.25) is 9.59 Å². The summed E-state index contributed by atoms with van der Waals surface area (Å²) in [6, 6.07) is 3.96. The summed E-state index contributed by atoms with van der Waals surface area (Å²) in [7, 11) is 0. The van der Waals surface area contributed by atoms with Crippen molar-refractivity contribution < 1.29 is 19.1 Å². The highest BCUT2D eigenvalue weighted by molar-refractivity contribution is 6.39. The van der Waals surface area contributed by atoms with Crippen LogP contribution in [0.2, 0.25) is 0 Å². The number of hydrogen-bond acceptors (Lipinski definition) is 3. The molecule has 0 heterocycles. The van der Waals surface area contributed by atoms with E-state index >= 15 is 0 Å². The van der Waals surface area contributed by atoms with E-state index in [0.717, 1.165) is 5.56 Å². The number of halogens is 1. The molecule has 19 heavy (non-hydrogen) atoms. The topological polar surface area (TPSA) is 78.4 Å². The maximum absolute atomic E-state index is 13.5. The number of anilines is 1. The van der Waals surface area contributed by atoms with E-state index in [1.54, 1.807) is 19.9 Å². The van der Waals surface area contributed by atoms with Gasteiger partial charge in [0.25, 0.3) is 0 Å². The molecule has 0 spiro atoms. The molecule has 0 bridgehead atoms. The lowest BCUT2D eigenvalue weighted by molar-refractivity contribution is -0.136. The van der Waals surface area contributed by atoms with Gasteiger partial charge in [-0.1, -0.05) is 6.07 Å². The van der Waals surface area contributed by atoms with E-state index in [4.69, 9.17) is 5.11 Å². The molecule has 1 aromatic rings. The third-order valence-corrected chi connectivity index (χ3v) is 2.52. The second kappa shape index (κ2) is 6.84. The van der Waals surface area contributed by atoms with Crippen LogP contribution in [-0.4, -0.2) is 29.6 Å². The van der Waals surface area contributed by atoms with Gasteiger partial charge in [0.2, 0.25) is 0 Å². The molecule has 2 amide bonds. The lowest BCUT2D eigenvalue weighted by Gasteiger charge is -2.12. The zero-order chi connectivity index (χ0) is 14.4. The van der Waals surface area contributed by atoms with Gasteiger partial charge in [-0.05, 0) is 38.0 Å². The van der Waals surface area contributed by atoms with E-state index in [9.17, 15) is 14.0 Å². The van der Waals surface area contributed by atoms with Gasteiger partial charge in [-0.2, -0.15) is 0 Å². The minimum Gasteiger partial charge on any atom is -0.396 e. The Morgan fingerprint density at radius 2 is 2.05 bits per heavy atom. The molecule has 1 rings (SSSR count). The van der Waals surface area contributed by atoms with Crippen LogP contribution in [0.3, 0.4) is 0 Å². The van der Waals surface area contributed by atoms with E-state index in [2.05, 4.69) is 10.6 Å². The quantitative estimate of drug-likeness (QED) is 0.712. The second-order valence-electron chi connectivity index (χ2n) is 4.32. The monoisotopic (exact) mass is 268 g/mol. The fourth-order valence-electron chi connectivity index (χ4n) is 1.46. The van der Waals surface area contributed by atoms with Crippen LogP contribution in [0.4, 0.5) is 10.1 Å². The Bertz CT molecular complexity index is 477. The second-order valence-corrected chi connectivity index (χ2v) is 4.32. The van der Waals surface area contributed by atoms with Gasteiger partial charge in [0, 0.05) is 12.6 Å². The molecule has 0 aliphatic carbocycles. The normalized spacial score (nSPS) is 11.8. The van der Waals surface area contributed by atoms with Crippen LogP contribution in [0.25, 0.3) is 0 Å². The highest BCUT2D eigenvalue weighted by Gasteiger charge is 2.17. The molecule has 3 N–H and O–H groups in total. The highest BCUT2D eigenvalue weighted by atomic mass is 19.1. The Morgan fingerprint density at radius 1 is 1.37 bits per heavy atom. The maximum atomic E-state index is 13.5. The van der Waals surface area contributed by atoms with Crippen molar-refractivity contribution in [2.24, 2.45) is 0 Å². The summed E-state index contributed by atoms with van der Waals surface area (Å²) in [5, 5.41) is 13.3. The third kappa shape index (κ3) is 4.67. The standard InChI is InChI=1S/C13H17FN2O3/c1-8-3-4-11(10(14)7-8)16-13(19)12(18)15-9(2)5-6-17/h3-4,7,9,17H,5-6H2,1-2H3,(H,15,18)(H,16,19)/t9-/m1/s1. The molecule has 0 aliphatic rings. The van der Waals surface area contributed by atoms with Crippen LogP contribution >= 0.6 is 0 Å². The number of carbonyl (C=O) groups is 2. The van der Waals surface area contributed by atoms with Gasteiger partial charge in [0.1, 0.15) is 5.82 Å². The molecule has 6 heteroatoms. The van der Waals surface area contributed by atoms with Crippen LogP contribution in [-0.2, 0) is 9.59 Å². The summed E-state index contributed by atoms with van der Waals surface area (Å²) in [6.45, 7) is 3.29. The molecule has 1 atom stereocenters.